The van der Waals surface area contributed by atoms with Crippen molar-refractivity contribution in [3.63, 3.8) is 0 Å². The van der Waals surface area contributed by atoms with Crippen molar-refractivity contribution in [3.8, 4) is 0 Å². The van der Waals surface area contributed by atoms with Gasteiger partial charge in [0.05, 0.1) is 12.7 Å². The number of ether oxygens (including phenoxy) is 2. The molecule has 1 unspecified atom stereocenters. The number of nitrogens with one attached hydrogen (secondary N) is 1. The zero-order chi connectivity index (χ0) is 13.2. The molecule has 1 fully saturated rings. The largest absolute Gasteiger partial charge is 0.381 e. The van der Waals surface area contributed by atoms with Crippen LogP contribution in [0.1, 0.15) is 27.2 Å². The normalized spacial score (nSPS) is 21.7. The van der Waals surface area contributed by atoms with E-state index in [-0.39, 0.29) is 0 Å². The van der Waals surface area contributed by atoms with E-state index in [0.29, 0.717) is 12.0 Å². The molecule has 0 spiro atoms. The average molecular weight is 258 g/mol. The first-order chi connectivity index (χ1) is 8.72. The summed E-state index contributed by atoms with van der Waals surface area (Å²) in [6.07, 6.45) is 1.44. The van der Waals surface area contributed by atoms with Gasteiger partial charge in [0.1, 0.15) is 0 Å². The van der Waals surface area contributed by atoms with E-state index >= 15 is 0 Å². The molecular formula is C14H30N2O2. The molecule has 1 heterocycles. The zero-order valence-corrected chi connectivity index (χ0v) is 12.3. The third-order valence-corrected chi connectivity index (χ3v) is 3.14. The Bertz CT molecular complexity index is 200. The minimum atomic E-state index is 0.357. The van der Waals surface area contributed by atoms with E-state index in [4.69, 9.17) is 9.47 Å². The van der Waals surface area contributed by atoms with Crippen molar-refractivity contribution < 1.29 is 9.47 Å². The van der Waals surface area contributed by atoms with Crippen LogP contribution in [0.2, 0.25) is 0 Å². The van der Waals surface area contributed by atoms with Crippen LogP contribution >= 0.6 is 0 Å². The van der Waals surface area contributed by atoms with Crippen molar-refractivity contribution in [2.24, 2.45) is 5.92 Å². The van der Waals surface area contributed by atoms with Gasteiger partial charge >= 0.3 is 0 Å². The summed E-state index contributed by atoms with van der Waals surface area (Å²) in [4.78, 5) is 2.45. The molecule has 1 N–H and O–H groups in total. The summed E-state index contributed by atoms with van der Waals surface area (Å²) < 4.78 is 11.3. The SMILES string of the molecule is CCN1CCOC(CNCCCOCC(C)C)C1. The number of rotatable bonds is 9. The van der Waals surface area contributed by atoms with E-state index in [1.807, 2.05) is 0 Å². The van der Waals surface area contributed by atoms with Crippen LogP contribution in [-0.2, 0) is 9.47 Å². The molecule has 108 valence electrons. The molecule has 0 bridgehead atoms. The second-order valence-electron chi connectivity index (χ2n) is 5.41. The summed E-state index contributed by atoms with van der Waals surface area (Å²) in [6, 6.07) is 0. The molecule has 4 heteroatoms. The number of hydrogen-bond acceptors (Lipinski definition) is 4. The Morgan fingerprint density at radius 2 is 2.28 bits per heavy atom. The van der Waals surface area contributed by atoms with E-state index in [1.165, 1.54) is 0 Å². The van der Waals surface area contributed by atoms with Crippen molar-refractivity contribution in [3.05, 3.63) is 0 Å². The monoisotopic (exact) mass is 258 g/mol. The van der Waals surface area contributed by atoms with Gasteiger partial charge in [-0.3, -0.25) is 4.90 Å². The van der Waals surface area contributed by atoms with Gasteiger partial charge in [-0.1, -0.05) is 20.8 Å². The minimum absolute atomic E-state index is 0.357. The molecule has 1 rings (SSSR count). The van der Waals surface area contributed by atoms with Crippen LogP contribution in [0.25, 0.3) is 0 Å². The fourth-order valence-corrected chi connectivity index (χ4v) is 2.07. The molecule has 1 aliphatic heterocycles. The number of hydrogen-bond donors (Lipinski definition) is 1. The maximum atomic E-state index is 5.73. The van der Waals surface area contributed by atoms with Gasteiger partial charge in [0.25, 0.3) is 0 Å². The molecular weight excluding hydrogens is 228 g/mol. The Kier molecular flexibility index (Phi) is 8.59. The summed E-state index contributed by atoms with van der Waals surface area (Å²) in [5.74, 6) is 0.633. The lowest BCUT2D eigenvalue weighted by atomic mass is 10.2. The topological polar surface area (TPSA) is 33.7 Å². The molecule has 0 radical (unpaired) electrons. The van der Waals surface area contributed by atoms with Gasteiger partial charge in [-0.25, -0.2) is 0 Å². The average Bonchev–Trinajstić information content (AvgIpc) is 2.37. The summed E-state index contributed by atoms with van der Waals surface area (Å²) in [5, 5.41) is 3.46. The van der Waals surface area contributed by atoms with Crippen LogP contribution in [0.3, 0.4) is 0 Å². The highest BCUT2D eigenvalue weighted by Gasteiger charge is 2.18. The second kappa shape index (κ2) is 9.73. The van der Waals surface area contributed by atoms with E-state index in [0.717, 1.165) is 59.0 Å². The van der Waals surface area contributed by atoms with Gasteiger partial charge in [0.15, 0.2) is 0 Å². The second-order valence-corrected chi connectivity index (χ2v) is 5.41. The maximum absolute atomic E-state index is 5.73. The molecule has 1 saturated heterocycles. The molecule has 0 aromatic rings. The Morgan fingerprint density at radius 3 is 3.00 bits per heavy atom. The predicted octanol–water partition coefficient (Wildman–Crippen LogP) is 1.36. The Labute approximate surface area is 112 Å². The van der Waals surface area contributed by atoms with Crippen molar-refractivity contribution >= 4 is 0 Å². The van der Waals surface area contributed by atoms with Gasteiger partial charge in [-0.05, 0) is 25.4 Å². The molecule has 0 aromatic carbocycles. The summed E-state index contributed by atoms with van der Waals surface area (Å²) >= 11 is 0. The van der Waals surface area contributed by atoms with Crippen molar-refractivity contribution in [2.45, 2.75) is 33.3 Å². The predicted molar refractivity (Wildman–Crippen MR) is 75.0 cm³/mol. The molecule has 4 nitrogen and oxygen atoms in total. The van der Waals surface area contributed by atoms with E-state index in [2.05, 4.69) is 31.0 Å². The fraction of sp³-hybridized carbons (Fsp3) is 1.00. The lowest BCUT2D eigenvalue weighted by Gasteiger charge is -2.32. The van der Waals surface area contributed by atoms with Crippen LogP contribution in [0.5, 0.6) is 0 Å². The van der Waals surface area contributed by atoms with Crippen molar-refractivity contribution in [1.29, 1.82) is 0 Å². The highest BCUT2D eigenvalue weighted by atomic mass is 16.5. The van der Waals surface area contributed by atoms with Gasteiger partial charge in [0.2, 0.25) is 0 Å². The standard InChI is InChI=1S/C14H30N2O2/c1-4-16-7-9-18-14(11-16)10-15-6-5-8-17-12-13(2)3/h13-15H,4-12H2,1-3H3. The Balaban J connectivity index is 1.91. The third kappa shape index (κ3) is 7.31. The quantitative estimate of drug-likeness (QED) is 0.633. The van der Waals surface area contributed by atoms with E-state index in [1.54, 1.807) is 0 Å². The van der Waals surface area contributed by atoms with Crippen LogP contribution < -0.4 is 5.32 Å². The molecule has 0 saturated carbocycles. The summed E-state index contributed by atoms with van der Waals surface area (Å²) in [6.45, 7) is 14.4. The zero-order valence-electron chi connectivity index (χ0n) is 12.3. The van der Waals surface area contributed by atoms with Gasteiger partial charge in [0, 0.05) is 32.8 Å². The molecule has 18 heavy (non-hydrogen) atoms. The Morgan fingerprint density at radius 1 is 1.44 bits per heavy atom. The molecule has 1 atom stereocenters. The smallest absolute Gasteiger partial charge is 0.0826 e. The van der Waals surface area contributed by atoms with Crippen LogP contribution in [-0.4, -0.2) is 63.5 Å². The number of morpholine rings is 1. The first-order valence-corrected chi connectivity index (χ1v) is 7.34. The highest BCUT2D eigenvalue weighted by molar-refractivity contribution is 4.72. The molecule has 1 aliphatic rings. The molecule has 0 amide bonds. The lowest BCUT2D eigenvalue weighted by Crippen LogP contribution is -2.46. The summed E-state index contributed by atoms with van der Waals surface area (Å²) in [7, 11) is 0. The first kappa shape index (κ1) is 15.9. The number of nitrogens with zero attached hydrogens (tertiary/aromatic N) is 1. The lowest BCUT2D eigenvalue weighted by molar-refractivity contribution is -0.0253. The van der Waals surface area contributed by atoms with Crippen LogP contribution in [0.15, 0.2) is 0 Å². The number of likely N-dealkylation sites (N-methyl/N-ethyl adjacent to an activating group) is 1. The first-order valence-electron chi connectivity index (χ1n) is 7.34. The van der Waals surface area contributed by atoms with Crippen molar-refractivity contribution in [2.75, 3.05) is 52.5 Å². The van der Waals surface area contributed by atoms with Gasteiger partial charge in [-0.2, -0.15) is 0 Å². The minimum Gasteiger partial charge on any atom is -0.381 e. The van der Waals surface area contributed by atoms with Crippen LogP contribution in [0, 0.1) is 5.92 Å². The van der Waals surface area contributed by atoms with E-state index in [9.17, 15) is 0 Å². The van der Waals surface area contributed by atoms with Crippen molar-refractivity contribution in [1.82, 2.24) is 10.2 Å². The van der Waals surface area contributed by atoms with Gasteiger partial charge in [-0.15, -0.1) is 0 Å². The van der Waals surface area contributed by atoms with Gasteiger partial charge < -0.3 is 14.8 Å². The summed E-state index contributed by atoms with van der Waals surface area (Å²) in [5.41, 5.74) is 0. The fourth-order valence-electron chi connectivity index (χ4n) is 2.07. The third-order valence-electron chi connectivity index (χ3n) is 3.14. The highest BCUT2D eigenvalue weighted by Crippen LogP contribution is 2.03. The maximum Gasteiger partial charge on any atom is 0.0826 e. The molecule has 0 aliphatic carbocycles. The van der Waals surface area contributed by atoms with E-state index < -0.39 is 0 Å². The Hall–Kier alpha value is -0.160. The van der Waals surface area contributed by atoms with Crippen LogP contribution in [0.4, 0.5) is 0 Å². The molecule has 0 aromatic heterocycles.